The predicted molar refractivity (Wildman–Crippen MR) is 129 cm³/mol. The third-order valence-electron chi connectivity index (χ3n) is 5.12. The molecule has 1 heterocycles. The van der Waals surface area contributed by atoms with E-state index >= 15 is 0 Å². The van der Waals surface area contributed by atoms with Gasteiger partial charge >= 0.3 is 0 Å². The number of hydrogen-bond donors (Lipinski definition) is 1. The number of ether oxygens (including phenoxy) is 2. The average molecular weight is 471 g/mol. The zero-order valence-corrected chi connectivity index (χ0v) is 18.8. The van der Waals surface area contributed by atoms with Crippen molar-refractivity contribution < 1.29 is 23.5 Å². The second-order valence-corrected chi connectivity index (χ2v) is 7.70. The molecule has 0 radical (unpaired) electrons. The van der Waals surface area contributed by atoms with Gasteiger partial charge in [-0.2, -0.15) is 0 Å². The molecule has 0 fully saturated rings. The molecule has 176 valence electrons. The second kappa shape index (κ2) is 11.6. The predicted octanol–water partition coefficient (Wildman–Crippen LogP) is 5.12. The van der Waals surface area contributed by atoms with Gasteiger partial charge in [0.2, 0.25) is 0 Å². The van der Waals surface area contributed by atoms with Gasteiger partial charge in [-0.1, -0.05) is 72.8 Å². The molecule has 7 heteroatoms. The summed E-state index contributed by atoms with van der Waals surface area (Å²) < 4.78 is 25.2. The van der Waals surface area contributed by atoms with Gasteiger partial charge in [0, 0.05) is 12.6 Å². The molecule has 35 heavy (non-hydrogen) atoms. The van der Waals surface area contributed by atoms with Crippen LogP contribution in [0.4, 0.5) is 4.39 Å². The van der Waals surface area contributed by atoms with E-state index in [0.717, 1.165) is 11.1 Å². The molecule has 0 bridgehead atoms. The quantitative estimate of drug-likeness (QED) is 0.326. The molecule has 0 aliphatic carbocycles. The second-order valence-electron chi connectivity index (χ2n) is 7.70. The topological polar surface area (TPSA) is 77.5 Å². The zero-order valence-electron chi connectivity index (χ0n) is 18.8. The largest absolute Gasteiger partial charge is 0.485 e. The molecule has 0 saturated carbocycles. The number of pyridine rings is 1. The molecule has 0 unspecified atom stereocenters. The fourth-order valence-electron chi connectivity index (χ4n) is 3.32. The van der Waals surface area contributed by atoms with Crippen molar-refractivity contribution >= 4 is 12.2 Å². The summed E-state index contributed by atoms with van der Waals surface area (Å²) in [5.74, 6) is -0.552. The number of amides is 1. The van der Waals surface area contributed by atoms with Crippen LogP contribution >= 0.6 is 0 Å². The van der Waals surface area contributed by atoms with Gasteiger partial charge in [-0.05, 0) is 28.8 Å². The number of nitrogens with zero attached hydrogens (tertiary/aromatic N) is 1. The molecule has 0 aliphatic rings. The van der Waals surface area contributed by atoms with Crippen molar-refractivity contribution in [2.75, 3.05) is 0 Å². The van der Waals surface area contributed by atoms with Crippen LogP contribution in [0.2, 0.25) is 0 Å². The molecule has 0 atom stereocenters. The lowest BCUT2D eigenvalue weighted by Crippen LogP contribution is -2.25. The highest BCUT2D eigenvalue weighted by Gasteiger charge is 2.22. The van der Waals surface area contributed by atoms with Crippen molar-refractivity contribution in [1.82, 2.24) is 10.3 Å². The Morgan fingerprint density at radius 3 is 2.03 bits per heavy atom. The van der Waals surface area contributed by atoms with Gasteiger partial charge in [-0.25, -0.2) is 9.37 Å². The molecule has 3 aromatic carbocycles. The number of rotatable bonds is 10. The molecule has 0 spiro atoms. The summed E-state index contributed by atoms with van der Waals surface area (Å²) in [6.07, 6.45) is 0.549. The van der Waals surface area contributed by atoms with Crippen molar-refractivity contribution in [1.29, 1.82) is 0 Å². The Balaban J connectivity index is 1.62. The normalized spacial score (nSPS) is 10.4. The van der Waals surface area contributed by atoms with Crippen molar-refractivity contribution in [3.63, 3.8) is 0 Å². The number of carbonyl (C=O) groups excluding carboxylic acids is 2. The molecule has 6 nitrogen and oxygen atoms in total. The number of halogens is 1. The fourth-order valence-corrected chi connectivity index (χ4v) is 3.32. The van der Waals surface area contributed by atoms with E-state index in [0.29, 0.717) is 11.8 Å². The molecular weight excluding hydrogens is 447 g/mol. The van der Waals surface area contributed by atoms with Gasteiger partial charge < -0.3 is 14.8 Å². The van der Waals surface area contributed by atoms with Crippen LogP contribution in [-0.4, -0.2) is 17.2 Å². The molecule has 1 aromatic heterocycles. The number of carbonyl (C=O) groups is 2. The van der Waals surface area contributed by atoms with Gasteiger partial charge in [0.05, 0.1) is 0 Å². The van der Waals surface area contributed by atoms with E-state index < -0.39 is 5.91 Å². The minimum Gasteiger partial charge on any atom is -0.485 e. The summed E-state index contributed by atoms with van der Waals surface area (Å²) in [6.45, 7) is 0.523. The zero-order chi connectivity index (χ0) is 24.5. The van der Waals surface area contributed by atoms with Gasteiger partial charge in [-0.3, -0.25) is 9.59 Å². The lowest BCUT2D eigenvalue weighted by atomic mass is 10.2. The number of nitrogens with one attached hydrogen (secondary N) is 1. The van der Waals surface area contributed by atoms with Crippen molar-refractivity contribution in [3.8, 4) is 11.5 Å². The summed E-state index contributed by atoms with van der Waals surface area (Å²) in [4.78, 5) is 28.9. The third kappa shape index (κ3) is 6.51. The van der Waals surface area contributed by atoms with Crippen molar-refractivity contribution in [3.05, 3.63) is 125 Å². The molecule has 0 aliphatic heterocycles. The standard InChI is InChI=1S/C28H23FN2O4/c29-23-13-11-20(12-14-23)16-30-28(33)26-27(35-19-22-9-5-2-6-10-22)25(15-24(17-32)31-26)34-18-21-7-3-1-4-8-21/h1-15,17H,16,18-19H2,(H,30,33). The maximum Gasteiger partial charge on any atom is 0.274 e. The summed E-state index contributed by atoms with van der Waals surface area (Å²) >= 11 is 0. The van der Waals surface area contributed by atoms with Crippen LogP contribution in [0, 0.1) is 5.82 Å². The van der Waals surface area contributed by atoms with E-state index in [2.05, 4.69) is 10.3 Å². The molecule has 1 amide bonds. The summed E-state index contributed by atoms with van der Waals surface area (Å²) in [6, 6.07) is 26.2. The molecule has 1 N–H and O–H groups in total. The summed E-state index contributed by atoms with van der Waals surface area (Å²) in [5.41, 5.74) is 2.47. The number of aldehydes is 1. The monoisotopic (exact) mass is 470 g/mol. The lowest BCUT2D eigenvalue weighted by molar-refractivity contribution is 0.0939. The Bertz CT molecular complexity index is 1280. The van der Waals surface area contributed by atoms with Gasteiger partial charge in [0.25, 0.3) is 5.91 Å². The highest BCUT2D eigenvalue weighted by Crippen LogP contribution is 2.33. The van der Waals surface area contributed by atoms with Crippen LogP contribution < -0.4 is 14.8 Å². The van der Waals surface area contributed by atoms with Gasteiger partial charge in [0.15, 0.2) is 23.5 Å². The molecular formula is C28H23FN2O4. The van der Waals surface area contributed by atoms with E-state index in [-0.39, 0.29) is 48.5 Å². The Morgan fingerprint density at radius 2 is 1.43 bits per heavy atom. The maximum atomic E-state index is 13.2. The highest BCUT2D eigenvalue weighted by molar-refractivity contribution is 5.96. The van der Waals surface area contributed by atoms with Crippen molar-refractivity contribution in [2.24, 2.45) is 0 Å². The van der Waals surface area contributed by atoms with Crippen LogP contribution in [0.3, 0.4) is 0 Å². The Kier molecular flexibility index (Phi) is 7.81. The smallest absolute Gasteiger partial charge is 0.274 e. The van der Waals surface area contributed by atoms with E-state index in [1.165, 1.54) is 18.2 Å². The van der Waals surface area contributed by atoms with Crippen LogP contribution in [0.5, 0.6) is 11.5 Å². The summed E-state index contributed by atoms with van der Waals surface area (Å²) in [5, 5.41) is 2.75. The number of benzene rings is 3. The van der Waals surface area contributed by atoms with E-state index in [1.807, 2.05) is 60.7 Å². The maximum absolute atomic E-state index is 13.2. The Hall–Kier alpha value is -4.52. The first-order chi connectivity index (χ1) is 17.1. The molecule has 4 aromatic rings. The van der Waals surface area contributed by atoms with Gasteiger partial charge in [0.1, 0.15) is 24.7 Å². The lowest BCUT2D eigenvalue weighted by Gasteiger charge is -2.17. The van der Waals surface area contributed by atoms with Crippen LogP contribution in [0.15, 0.2) is 91.0 Å². The van der Waals surface area contributed by atoms with E-state index in [4.69, 9.17) is 9.47 Å². The number of aromatic nitrogens is 1. The van der Waals surface area contributed by atoms with E-state index in [1.54, 1.807) is 12.1 Å². The SMILES string of the molecule is O=Cc1cc(OCc2ccccc2)c(OCc2ccccc2)c(C(=O)NCc2ccc(F)cc2)n1. The number of hydrogen-bond acceptors (Lipinski definition) is 5. The summed E-state index contributed by atoms with van der Waals surface area (Å²) in [7, 11) is 0. The van der Waals surface area contributed by atoms with E-state index in [9.17, 15) is 14.0 Å². The fraction of sp³-hybridized carbons (Fsp3) is 0.107. The highest BCUT2D eigenvalue weighted by atomic mass is 19.1. The third-order valence-corrected chi connectivity index (χ3v) is 5.12. The van der Waals surface area contributed by atoms with Crippen LogP contribution in [0.1, 0.15) is 37.7 Å². The van der Waals surface area contributed by atoms with Gasteiger partial charge in [-0.15, -0.1) is 0 Å². The average Bonchev–Trinajstić information content (AvgIpc) is 2.91. The Labute approximate surface area is 202 Å². The Morgan fingerprint density at radius 1 is 0.829 bits per heavy atom. The van der Waals surface area contributed by atoms with Crippen LogP contribution in [0.25, 0.3) is 0 Å². The first kappa shape index (κ1) is 23.6. The first-order valence-electron chi connectivity index (χ1n) is 11.0. The minimum absolute atomic E-state index is 0.0343. The first-order valence-corrected chi connectivity index (χ1v) is 11.0. The molecule has 0 saturated heterocycles. The molecule has 4 rings (SSSR count). The minimum atomic E-state index is -0.550. The van der Waals surface area contributed by atoms with Crippen molar-refractivity contribution in [2.45, 2.75) is 19.8 Å². The van der Waals surface area contributed by atoms with Crippen LogP contribution in [-0.2, 0) is 19.8 Å².